The highest BCUT2D eigenvalue weighted by molar-refractivity contribution is 5.92. The highest BCUT2D eigenvalue weighted by Gasteiger charge is 2.40. The molecule has 0 unspecified atom stereocenters. The summed E-state index contributed by atoms with van der Waals surface area (Å²) >= 11 is 0. The van der Waals surface area contributed by atoms with Crippen LogP contribution in [0.15, 0.2) is 10.6 Å². The van der Waals surface area contributed by atoms with E-state index in [1.165, 1.54) is 0 Å². The number of methoxy groups -OCH3 is 1. The third-order valence-electron chi connectivity index (χ3n) is 3.77. The fraction of sp³-hybridized carbons (Fsp3) is 0.667. The zero-order valence-corrected chi connectivity index (χ0v) is 10.4. The molecule has 2 aliphatic heterocycles. The number of carbonyl (C=O) groups is 1. The van der Waals surface area contributed by atoms with Crippen LogP contribution in [-0.2, 0) is 11.3 Å². The second-order valence-electron chi connectivity index (χ2n) is 4.88. The van der Waals surface area contributed by atoms with E-state index < -0.39 is 0 Å². The second-order valence-corrected chi connectivity index (χ2v) is 4.88. The molecule has 6 nitrogen and oxygen atoms in total. The maximum atomic E-state index is 12.3. The molecular weight excluding hydrogens is 234 g/mol. The fourth-order valence-electron chi connectivity index (χ4n) is 2.87. The molecule has 6 heteroatoms. The molecule has 1 aromatic heterocycles. The number of hydrogen-bond acceptors (Lipinski definition) is 5. The Morgan fingerprint density at radius 2 is 2.56 bits per heavy atom. The van der Waals surface area contributed by atoms with Crippen molar-refractivity contribution >= 4 is 5.91 Å². The second kappa shape index (κ2) is 4.70. The quantitative estimate of drug-likeness (QED) is 0.834. The van der Waals surface area contributed by atoms with Crippen LogP contribution in [0.1, 0.15) is 22.7 Å². The number of ether oxygens (including phenoxy) is 1. The molecule has 0 spiro atoms. The molecular formula is C12H17N3O3. The van der Waals surface area contributed by atoms with Gasteiger partial charge in [0.2, 0.25) is 0 Å². The number of fused-ring (bicyclic) bond motifs is 1. The van der Waals surface area contributed by atoms with Crippen LogP contribution in [0.25, 0.3) is 0 Å². The predicted molar refractivity (Wildman–Crippen MR) is 63.0 cm³/mol. The van der Waals surface area contributed by atoms with Crippen molar-refractivity contribution < 1.29 is 14.1 Å². The fourth-order valence-corrected chi connectivity index (χ4v) is 2.87. The van der Waals surface area contributed by atoms with Crippen molar-refractivity contribution in [2.24, 2.45) is 5.92 Å². The van der Waals surface area contributed by atoms with Crippen LogP contribution in [0.4, 0.5) is 0 Å². The SMILES string of the molecule is COCc1cc(C(=O)N2CC[C@H]3CNC[C@H]32)no1. The molecule has 1 amide bonds. The lowest BCUT2D eigenvalue weighted by atomic mass is 10.1. The van der Waals surface area contributed by atoms with E-state index in [0.717, 1.165) is 26.1 Å². The maximum Gasteiger partial charge on any atom is 0.276 e. The number of amides is 1. The Balaban J connectivity index is 1.73. The van der Waals surface area contributed by atoms with Gasteiger partial charge >= 0.3 is 0 Å². The standard InChI is InChI=1S/C12H17N3O3/c1-17-7-9-4-10(14-18-9)12(16)15-3-2-8-5-13-6-11(8)15/h4,8,11,13H,2-3,5-7H2,1H3/t8-,11+/m0/s1. The van der Waals surface area contributed by atoms with Gasteiger partial charge in [0, 0.05) is 38.9 Å². The van der Waals surface area contributed by atoms with Crippen LogP contribution in [-0.4, -0.2) is 48.7 Å². The summed E-state index contributed by atoms with van der Waals surface area (Å²) in [5.74, 6) is 1.15. The van der Waals surface area contributed by atoms with E-state index in [4.69, 9.17) is 9.26 Å². The van der Waals surface area contributed by atoms with Crippen LogP contribution in [0.5, 0.6) is 0 Å². The van der Waals surface area contributed by atoms with Crippen molar-refractivity contribution in [1.82, 2.24) is 15.4 Å². The van der Waals surface area contributed by atoms with Gasteiger partial charge in [0.25, 0.3) is 5.91 Å². The Morgan fingerprint density at radius 3 is 3.39 bits per heavy atom. The molecule has 3 rings (SSSR count). The Hall–Kier alpha value is -1.40. The first-order valence-corrected chi connectivity index (χ1v) is 6.26. The molecule has 3 heterocycles. The number of rotatable bonds is 3. The summed E-state index contributed by atoms with van der Waals surface area (Å²) in [7, 11) is 1.58. The number of nitrogens with one attached hydrogen (secondary N) is 1. The summed E-state index contributed by atoms with van der Waals surface area (Å²) in [5.41, 5.74) is 0.384. The van der Waals surface area contributed by atoms with Crippen LogP contribution in [0, 0.1) is 5.92 Å². The monoisotopic (exact) mass is 251 g/mol. The number of likely N-dealkylation sites (tertiary alicyclic amines) is 1. The topological polar surface area (TPSA) is 67.6 Å². The van der Waals surface area contributed by atoms with Gasteiger partial charge in [-0.15, -0.1) is 0 Å². The summed E-state index contributed by atoms with van der Waals surface area (Å²) in [6.07, 6.45) is 1.08. The van der Waals surface area contributed by atoms with Gasteiger partial charge in [-0.25, -0.2) is 0 Å². The van der Waals surface area contributed by atoms with Crippen molar-refractivity contribution in [3.63, 3.8) is 0 Å². The number of carbonyl (C=O) groups excluding carboxylic acids is 1. The Kier molecular flexibility index (Phi) is 3.05. The molecule has 1 N–H and O–H groups in total. The van der Waals surface area contributed by atoms with Crippen LogP contribution >= 0.6 is 0 Å². The van der Waals surface area contributed by atoms with Gasteiger partial charge in [-0.3, -0.25) is 4.79 Å². The van der Waals surface area contributed by atoms with Gasteiger partial charge in [-0.05, 0) is 12.3 Å². The zero-order valence-electron chi connectivity index (χ0n) is 10.4. The summed E-state index contributed by atoms with van der Waals surface area (Å²) in [6.45, 7) is 3.07. The summed E-state index contributed by atoms with van der Waals surface area (Å²) in [4.78, 5) is 14.3. The molecule has 18 heavy (non-hydrogen) atoms. The lowest BCUT2D eigenvalue weighted by molar-refractivity contribution is 0.0726. The minimum atomic E-state index is -0.0303. The van der Waals surface area contributed by atoms with E-state index in [1.807, 2.05) is 4.90 Å². The molecule has 98 valence electrons. The van der Waals surface area contributed by atoms with E-state index in [9.17, 15) is 4.79 Å². The predicted octanol–water partition coefficient (Wildman–Crippen LogP) is 0.255. The van der Waals surface area contributed by atoms with Gasteiger partial charge < -0.3 is 19.5 Å². The largest absolute Gasteiger partial charge is 0.377 e. The molecule has 0 saturated carbocycles. The number of hydrogen-bond donors (Lipinski definition) is 1. The lowest BCUT2D eigenvalue weighted by Crippen LogP contribution is -2.39. The first-order valence-electron chi connectivity index (χ1n) is 6.26. The summed E-state index contributed by atoms with van der Waals surface area (Å²) < 4.78 is 10.0. The van der Waals surface area contributed by atoms with Gasteiger partial charge in [0.1, 0.15) is 6.61 Å². The minimum absolute atomic E-state index is 0.0303. The first-order chi connectivity index (χ1) is 8.79. The molecule has 0 aliphatic carbocycles. The normalized spacial score (nSPS) is 26.6. The Labute approximate surface area is 105 Å². The van der Waals surface area contributed by atoms with Gasteiger partial charge in [-0.2, -0.15) is 0 Å². The van der Waals surface area contributed by atoms with Crippen molar-refractivity contribution in [2.75, 3.05) is 26.7 Å². The molecule has 0 radical (unpaired) electrons. The smallest absolute Gasteiger partial charge is 0.276 e. The molecule has 2 fully saturated rings. The van der Waals surface area contributed by atoms with E-state index in [2.05, 4.69) is 10.5 Å². The first kappa shape index (κ1) is 11.7. The molecule has 2 saturated heterocycles. The van der Waals surface area contributed by atoms with E-state index in [1.54, 1.807) is 13.2 Å². The number of nitrogens with zero attached hydrogens (tertiary/aromatic N) is 2. The zero-order chi connectivity index (χ0) is 12.5. The molecule has 1 aromatic rings. The Bertz CT molecular complexity index is 446. The van der Waals surface area contributed by atoms with Gasteiger partial charge in [0.05, 0.1) is 0 Å². The van der Waals surface area contributed by atoms with Crippen molar-refractivity contribution in [3.05, 3.63) is 17.5 Å². The third-order valence-corrected chi connectivity index (χ3v) is 3.77. The lowest BCUT2D eigenvalue weighted by Gasteiger charge is -2.21. The average Bonchev–Trinajstić information content (AvgIpc) is 3.04. The van der Waals surface area contributed by atoms with Gasteiger partial charge in [-0.1, -0.05) is 5.16 Å². The highest BCUT2D eigenvalue weighted by atomic mass is 16.5. The Morgan fingerprint density at radius 1 is 1.67 bits per heavy atom. The van der Waals surface area contributed by atoms with E-state index >= 15 is 0 Å². The average molecular weight is 251 g/mol. The van der Waals surface area contributed by atoms with Crippen LogP contribution in [0.2, 0.25) is 0 Å². The van der Waals surface area contributed by atoms with E-state index in [-0.39, 0.29) is 5.91 Å². The van der Waals surface area contributed by atoms with E-state index in [0.29, 0.717) is 30.0 Å². The highest BCUT2D eigenvalue weighted by Crippen LogP contribution is 2.28. The summed E-state index contributed by atoms with van der Waals surface area (Å²) in [6, 6.07) is 1.99. The van der Waals surface area contributed by atoms with Crippen molar-refractivity contribution in [3.8, 4) is 0 Å². The van der Waals surface area contributed by atoms with Gasteiger partial charge in [0.15, 0.2) is 11.5 Å². The summed E-state index contributed by atoms with van der Waals surface area (Å²) in [5, 5.41) is 7.16. The minimum Gasteiger partial charge on any atom is -0.377 e. The maximum absolute atomic E-state index is 12.3. The van der Waals surface area contributed by atoms with Crippen LogP contribution in [0.3, 0.4) is 0 Å². The van der Waals surface area contributed by atoms with Crippen molar-refractivity contribution in [1.29, 1.82) is 0 Å². The van der Waals surface area contributed by atoms with Crippen molar-refractivity contribution in [2.45, 2.75) is 19.1 Å². The molecule has 0 bridgehead atoms. The molecule has 0 aromatic carbocycles. The molecule has 2 aliphatic rings. The third kappa shape index (κ3) is 1.91. The number of aromatic nitrogens is 1. The van der Waals surface area contributed by atoms with Crippen LogP contribution < -0.4 is 5.32 Å². The molecule has 2 atom stereocenters.